The third kappa shape index (κ3) is 3.15. The van der Waals surface area contributed by atoms with E-state index in [9.17, 15) is 9.59 Å². The maximum absolute atomic E-state index is 12.7. The van der Waals surface area contributed by atoms with E-state index in [1.54, 1.807) is 7.11 Å². The van der Waals surface area contributed by atoms with Crippen molar-refractivity contribution in [2.24, 2.45) is 11.8 Å². The van der Waals surface area contributed by atoms with Crippen molar-refractivity contribution in [3.8, 4) is 0 Å². The van der Waals surface area contributed by atoms with Gasteiger partial charge in [-0.05, 0) is 30.9 Å². The van der Waals surface area contributed by atoms with Crippen LogP contribution in [-0.4, -0.2) is 61.8 Å². The van der Waals surface area contributed by atoms with E-state index in [0.29, 0.717) is 25.6 Å². The second-order valence-corrected chi connectivity index (χ2v) is 7.96. The molecule has 1 spiro atoms. The van der Waals surface area contributed by atoms with E-state index in [1.807, 2.05) is 29.2 Å². The number of hydrogen-bond acceptors (Lipinski definition) is 4. The van der Waals surface area contributed by atoms with Gasteiger partial charge in [-0.2, -0.15) is 0 Å². The third-order valence-electron chi connectivity index (χ3n) is 6.55. The monoisotopic (exact) mass is 372 g/mol. The lowest BCUT2D eigenvalue weighted by atomic mass is 9.73. The van der Waals surface area contributed by atoms with Gasteiger partial charge in [0.1, 0.15) is 6.61 Å². The largest absolute Gasteiger partial charge is 0.375 e. The zero-order valence-electron chi connectivity index (χ0n) is 16.1. The zero-order valence-corrected chi connectivity index (χ0v) is 16.1. The Morgan fingerprint density at radius 2 is 2.19 bits per heavy atom. The van der Waals surface area contributed by atoms with Crippen molar-refractivity contribution in [3.05, 3.63) is 35.4 Å². The molecular weight excluding hydrogens is 344 g/mol. The van der Waals surface area contributed by atoms with Crippen LogP contribution in [0.3, 0.4) is 0 Å². The number of aryl methyl sites for hydroxylation is 1. The van der Waals surface area contributed by atoms with Crippen molar-refractivity contribution in [2.45, 2.75) is 37.9 Å². The van der Waals surface area contributed by atoms with Gasteiger partial charge < -0.3 is 19.7 Å². The molecule has 1 N–H and O–H groups in total. The molecule has 3 saturated heterocycles. The first kappa shape index (κ1) is 18.4. The van der Waals surface area contributed by atoms with E-state index in [-0.39, 0.29) is 36.0 Å². The summed E-state index contributed by atoms with van der Waals surface area (Å²) in [5.41, 5.74) is 1.60. The van der Waals surface area contributed by atoms with Gasteiger partial charge in [0.15, 0.2) is 0 Å². The molecule has 1 aromatic carbocycles. The highest BCUT2D eigenvalue weighted by molar-refractivity contribution is 5.95. The standard InChI is InChI=1S/C21H28N2O4/c1-3-14-6-4-5-7-15(14)20(25)22-10-16-17-11-23(19(24)12-26-2)13-21(17)9-8-18(16)27-21/h4-7,16-18H,3,8-13H2,1-2H3,(H,22,25)/t16-,17+,18+,21+/m0/s1. The number of fused-ring (bicyclic) bond motifs is 1. The third-order valence-corrected chi connectivity index (χ3v) is 6.55. The second kappa shape index (κ2) is 7.24. The van der Waals surface area contributed by atoms with Crippen molar-refractivity contribution >= 4 is 11.8 Å². The number of ether oxygens (including phenoxy) is 2. The van der Waals surface area contributed by atoms with Crippen LogP contribution in [0, 0.1) is 11.8 Å². The van der Waals surface area contributed by atoms with Crippen LogP contribution in [0.1, 0.15) is 35.7 Å². The van der Waals surface area contributed by atoms with Gasteiger partial charge in [0.2, 0.25) is 5.91 Å². The van der Waals surface area contributed by atoms with Crippen LogP contribution in [0.5, 0.6) is 0 Å². The molecule has 4 rings (SSSR count). The highest BCUT2D eigenvalue weighted by Gasteiger charge is 2.63. The first-order valence-corrected chi connectivity index (χ1v) is 9.88. The summed E-state index contributed by atoms with van der Waals surface area (Å²) in [5.74, 6) is 0.554. The Balaban J connectivity index is 1.43. The Morgan fingerprint density at radius 1 is 1.37 bits per heavy atom. The maximum Gasteiger partial charge on any atom is 0.251 e. The van der Waals surface area contributed by atoms with Crippen LogP contribution < -0.4 is 5.32 Å². The lowest BCUT2D eigenvalue weighted by molar-refractivity contribution is -0.135. The topological polar surface area (TPSA) is 67.9 Å². The molecule has 0 aliphatic carbocycles. The lowest BCUT2D eigenvalue weighted by Gasteiger charge is -2.29. The fourth-order valence-electron chi connectivity index (χ4n) is 5.22. The first-order chi connectivity index (χ1) is 13.1. The molecule has 0 radical (unpaired) electrons. The highest BCUT2D eigenvalue weighted by Crippen LogP contribution is 2.54. The Labute approximate surface area is 160 Å². The molecule has 4 atom stereocenters. The van der Waals surface area contributed by atoms with Crippen LogP contribution in [0.2, 0.25) is 0 Å². The molecule has 3 heterocycles. The van der Waals surface area contributed by atoms with E-state index < -0.39 is 0 Å². The number of hydrogen-bond donors (Lipinski definition) is 1. The highest BCUT2D eigenvalue weighted by atomic mass is 16.5. The summed E-state index contributed by atoms with van der Waals surface area (Å²) in [6, 6.07) is 7.75. The number of rotatable bonds is 6. The molecule has 6 nitrogen and oxygen atoms in total. The summed E-state index contributed by atoms with van der Waals surface area (Å²) >= 11 is 0. The predicted molar refractivity (Wildman–Crippen MR) is 100 cm³/mol. The zero-order chi connectivity index (χ0) is 19.0. The lowest BCUT2D eigenvalue weighted by Crippen LogP contribution is -2.42. The van der Waals surface area contributed by atoms with E-state index in [2.05, 4.69) is 12.2 Å². The Kier molecular flexibility index (Phi) is 4.95. The smallest absolute Gasteiger partial charge is 0.251 e. The molecule has 2 amide bonds. The van der Waals surface area contributed by atoms with Crippen LogP contribution in [0.15, 0.2) is 24.3 Å². The summed E-state index contributed by atoms with van der Waals surface area (Å²) in [7, 11) is 1.54. The minimum absolute atomic E-state index is 0.0189. The fourth-order valence-corrected chi connectivity index (χ4v) is 5.22. The average Bonchev–Trinajstić information content (AvgIpc) is 3.34. The minimum atomic E-state index is -0.217. The number of amides is 2. The van der Waals surface area contributed by atoms with Crippen LogP contribution in [0.25, 0.3) is 0 Å². The van der Waals surface area contributed by atoms with E-state index in [4.69, 9.17) is 9.47 Å². The molecule has 27 heavy (non-hydrogen) atoms. The van der Waals surface area contributed by atoms with Crippen molar-refractivity contribution in [1.82, 2.24) is 10.2 Å². The Hall–Kier alpha value is -1.92. The molecule has 3 aliphatic rings. The summed E-state index contributed by atoms with van der Waals surface area (Å²) in [4.78, 5) is 26.8. The molecule has 3 fully saturated rings. The Bertz CT molecular complexity index is 737. The SMILES string of the molecule is CCc1ccccc1C(=O)NC[C@H]1[C@H]2CN(C(=O)COC)C[C@]23CC[C@H]1O3. The normalized spacial score (nSPS) is 31.2. The summed E-state index contributed by atoms with van der Waals surface area (Å²) in [6.07, 6.45) is 3.04. The van der Waals surface area contributed by atoms with Crippen molar-refractivity contribution in [3.63, 3.8) is 0 Å². The molecule has 3 aliphatic heterocycles. The molecule has 0 saturated carbocycles. The van der Waals surface area contributed by atoms with Gasteiger partial charge in [-0.15, -0.1) is 0 Å². The molecule has 0 aromatic heterocycles. The number of carbonyl (C=O) groups is 2. The van der Waals surface area contributed by atoms with Gasteiger partial charge in [-0.1, -0.05) is 25.1 Å². The molecule has 0 unspecified atom stereocenters. The van der Waals surface area contributed by atoms with Crippen LogP contribution in [0.4, 0.5) is 0 Å². The van der Waals surface area contributed by atoms with E-state index >= 15 is 0 Å². The van der Waals surface area contributed by atoms with Crippen molar-refractivity contribution in [2.75, 3.05) is 33.4 Å². The van der Waals surface area contributed by atoms with E-state index in [1.165, 1.54) is 0 Å². The molecule has 1 aromatic rings. The van der Waals surface area contributed by atoms with Gasteiger partial charge in [0.05, 0.1) is 18.2 Å². The molecule has 6 heteroatoms. The quantitative estimate of drug-likeness (QED) is 0.824. The number of likely N-dealkylation sites (tertiary alicyclic amines) is 1. The number of benzene rings is 1. The second-order valence-electron chi connectivity index (χ2n) is 7.96. The summed E-state index contributed by atoms with van der Waals surface area (Å²) in [5, 5.41) is 3.13. The first-order valence-electron chi connectivity index (χ1n) is 9.88. The van der Waals surface area contributed by atoms with Crippen LogP contribution in [-0.2, 0) is 20.7 Å². The Morgan fingerprint density at radius 3 is 2.96 bits per heavy atom. The van der Waals surface area contributed by atoms with Gasteiger partial charge in [-0.25, -0.2) is 0 Å². The predicted octanol–water partition coefficient (Wildman–Crippen LogP) is 1.63. The van der Waals surface area contributed by atoms with Crippen molar-refractivity contribution in [1.29, 1.82) is 0 Å². The number of nitrogens with one attached hydrogen (secondary N) is 1. The molecule has 2 bridgehead atoms. The number of methoxy groups -OCH3 is 1. The van der Waals surface area contributed by atoms with Crippen molar-refractivity contribution < 1.29 is 19.1 Å². The molecular formula is C21H28N2O4. The van der Waals surface area contributed by atoms with Crippen LogP contribution >= 0.6 is 0 Å². The van der Waals surface area contributed by atoms with Gasteiger partial charge >= 0.3 is 0 Å². The maximum atomic E-state index is 12.7. The summed E-state index contributed by atoms with van der Waals surface area (Å²) < 4.78 is 11.4. The van der Waals surface area contributed by atoms with Gasteiger partial charge in [0.25, 0.3) is 5.91 Å². The number of nitrogens with zero attached hydrogens (tertiary/aromatic N) is 1. The number of carbonyl (C=O) groups excluding carboxylic acids is 2. The van der Waals surface area contributed by atoms with Gasteiger partial charge in [-0.3, -0.25) is 9.59 Å². The minimum Gasteiger partial charge on any atom is -0.375 e. The average molecular weight is 372 g/mol. The summed E-state index contributed by atoms with van der Waals surface area (Å²) in [6.45, 7) is 4.12. The van der Waals surface area contributed by atoms with E-state index in [0.717, 1.165) is 30.4 Å². The van der Waals surface area contributed by atoms with Gasteiger partial charge in [0, 0.05) is 37.6 Å². The molecule has 146 valence electrons. The fraction of sp³-hybridized carbons (Fsp3) is 0.619.